The number of aromatic nitrogens is 4. The topological polar surface area (TPSA) is 74.0 Å². The van der Waals surface area contributed by atoms with E-state index < -0.39 is 0 Å². The molecule has 0 fully saturated rings. The van der Waals surface area contributed by atoms with Crippen molar-refractivity contribution in [2.75, 3.05) is 13.7 Å². The molecule has 0 atom stereocenters. The minimum Gasteiger partial charge on any atom is -0.496 e. The number of hydrogen-bond acceptors (Lipinski definition) is 4. The first-order valence-corrected chi connectivity index (χ1v) is 10.7. The van der Waals surface area contributed by atoms with Gasteiger partial charge < -0.3 is 14.6 Å². The first-order chi connectivity index (χ1) is 15.9. The molecule has 7 nitrogen and oxygen atoms in total. The highest BCUT2D eigenvalue weighted by atomic mass is 19.1. The van der Waals surface area contributed by atoms with Gasteiger partial charge in [-0.3, -0.25) is 9.48 Å². The van der Waals surface area contributed by atoms with Crippen LogP contribution in [-0.4, -0.2) is 38.9 Å². The molecule has 2 heterocycles. The maximum atomic E-state index is 13.4. The van der Waals surface area contributed by atoms with Crippen LogP contribution in [-0.2, 0) is 24.8 Å². The molecule has 1 amide bonds. The summed E-state index contributed by atoms with van der Waals surface area (Å²) in [6, 6.07) is 12.1. The van der Waals surface area contributed by atoms with Crippen LogP contribution in [0.3, 0.4) is 0 Å². The van der Waals surface area contributed by atoms with Gasteiger partial charge in [-0.1, -0.05) is 29.8 Å². The van der Waals surface area contributed by atoms with Gasteiger partial charge in [0.1, 0.15) is 17.3 Å². The van der Waals surface area contributed by atoms with Crippen LogP contribution in [0.4, 0.5) is 4.39 Å². The van der Waals surface area contributed by atoms with Gasteiger partial charge in [0.2, 0.25) is 5.91 Å². The highest BCUT2D eigenvalue weighted by molar-refractivity contribution is 5.79. The quantitative estimate of drug-likeness (QED) is 0.446. The first kappa shape index (κ1) is 22.3. The van der Waals surface area contributed by atoms with Gasteiger partial charge in [-0.25, -0.2) is 9.37 Å². The molecule has 1 N–H and O–H groups in total. The molecule has 0 aliphatic rings. The molecule has 0 aliphatic heterocycles. The van der Waals surface area contributed by atoms with Crippen LogP contribution in [0.25, 0.3) is 22.6 Å². The van der Waals surface area contributed by atoms with Crippen LogP contribution >= 0.6 is 0 Å². The van der Waals surface area contributed by atoms with Crippen molar-refractivity contribution in [3.8, 4) is 28.4 Å². The fraction of sp³-hybridized carbons (Fsp3) is 0.240. The Bertz CT molecular complexity index is 1260. The van der Waals surface area contributed by atoms with Gasteiger partial charge in [0, 0.05) is 43.3 Å². The third-order valence-corrected chi connectivity index (χ3v) is 5.40. The number of ether oxygens (including phenoxy) is 1. The Kier molecular flexibility index (Phi) is 6.53. The summed E-state index contributed by atoms with van der Waals surface area (Å²) in [6.07, 6.45) is 5.70. The molecular weight excluding hydrogens is 421 g/mol. The van der Waals surface area contributed by atoms with Crippen LogP contribution < -0.4 is 10.1 Å². The number of benzene rings is 2. The standard InChI is InChI=1S/C25H26FN5O2/c1-17-4-9-22(33-3)19(14-17)15-23(32)27-11-13-31-16-21(18-5-7-20(26)8-6-18)24(29-31)25-28-10-12-30(25)2/h4-10,12,14,16H,11,13,15H2,1-3H3,(H,27,32). The molecule has 0 saturated carbocycles. The Morgan fingerprint density at radius 1 is 1.18 bits per heavy atom. The van der Waals surface area contributed by atoms with Gasteiger partial charge >= 0.3 is 0 Å². The third-order valence-electron chi connectivity index (χ3n) is 5.40. The predicted molar refractivity (Wildman–Crippen MR) is 124 cm³/mol. The monoisotopic (exact) mass is 447 g/mol. The maximum Gasteiger partial charge on any atom is 0.224 e. The van der Waals surface area contributed by atoms with Crippen molar-refractivity contribution in [3.05, 3.63) is 78.0 Å². The zero-order valence-electron chi connectivity index (χ0n) is 18.9. The van der Waals surface area contributed by atoms with Gasteiger partial charge in [0.15, 0.2) is 5.82 Å². The highest BCUT2D eigenvalue weighted by Crippen LogP contribution is 2.30. The zero-order valence-corrected chi connectivity index (χ0v) is 18.9. The molecule has 4 aromatic rings. The van der Waals surface area contributed by atoms with Crippen LogP contribution in [0.15, 0.2) is 61.1 Å². The fourth-order valence-electron chi connectivity index (χ4n) is 3.73. The molecule has 170 valence electrons. The summed E-state index contributed by atoms with van der Waals surface area (Å²) >= 11 is 0. The third kappa shape index (κ3) is 5.11. The number of halogens is 1. The predicted octanol–water partition coefficient (Wildman–Crippen LogP) is 3.77. The van der Waals surface area contributed by atoms with E-state index in [2.05, 4.69) is 10.3 Å². The molecule has 0 unspecified atom stereocenters. The molecule has 4 rings (SSSR count). The Morgan fingerprint density at radius 3 is 2.67 bits per heavy atom. The van der Waals surface area contributed by atoms with E-state index in [1.807, 2.05) is 49.1 Å². The number of carbonyl (C=O) groups is 1. The lowest BCUT2D eigenvalue weighted by Gasteiger charge is -2.10. The van der Waals surface area contributed by atoms with Crippen molar-refractivity contribution in [1.29, 1.82) is 0 Å². The molecule has 0 spiro atoms. The van der Waals surface area contributed by atoms with E-state index in [9.17, 15) is 9.18 Å². The van der Waals surface area contributed by atoms with E-state index in [0.717, 1.165) is 22.3 Å². The van der Waals surface area contributed by atoms with Gasteiger partial charge in [0.05, 0.1) is 20.1 Å². The minimum atomic E-state index is -0.294. The molecule has 2 aromatic carbocycles. The first-order valence-electron chi connectivity index (χ1n) is 10.7. The lowest BCUT2D eigenvalue weighted by molar-refractivity contribution is -0.120. The normalized spacial score (nSPS) is 10.9. The van der Waals surface area contributed by atoms with Crippen LogP contribution in [0.5, 0.6) is 5.75 Å². The van der Waals surface area contributed by atoms with Crippen LogP contribution in [0.2, 0.25) is 0 Å². The van der Waals surface area contributed by atoms with E-state index in [4.69, 9.17) is 9.84 Å². The Hall–Kier alpha value is -3.94. The van der Waals surface area contributed by atoms with Crippen molar-refractivity contribution in [3.63, 3.8) is 0 Å². The number of imidazole rings is 1. The summed E-state index contributed by atoms with van der Waals surface area (Å²) < 4.78 is 22.4. The molecule has 8 heteroatoms. The van der Waals surface area contributed by atoms with Gasteiger partial charge in [-0.15, -0.1) is 0 Å². The number of carbonyl (C=O) groups excluding carboxylic acids is 1. The summed E-state index contributed by atoms with van der Waals surface area (Å²) in [5.41, 5.74) is 4.32. The van der Waals surface area contributed by atoms with Crippen molar-refractivity contribution in [1.82, 2.24) is 24.6 Å². The number of methoxy groups -OCH3 is 1. The van der Waals surface area contributed by atoms with E-state index in [-0.39, 0.29) is 18.1 Å². The van der Waals surface area contributed by atoms with E-state index >= 15 is 0 Å². The molecule has 33 heavy (non-hydrogen) atoms. The largest absolute Gasteiger partial charge is 0.496 e. The summed E-state index contributed by atoms with van der Waals surface area (Å²) in [7, 11) is 3.50. The highest BCUT2D eigenvalue weighted by Gasteiger charge is 2.17. The maximum absolute atomic E-state index is 13.4. The molecule has 2 aromatic heterocycles. The molecular formula is C25H26FN5O2. The van der Waals surface area contributed by atoms with Crippen LogP contribution in [0.1, 0.15) is 11.1 Å². The summed E-state index contributed by atoms with van der Waals surface area (Å²) in [4.78, 5) is 16.9. The second-order valence-electron chi connectivity index (χ2n) is 7.87. The number of rotatable bonds is 8. The van der Waals surface area contributed by atoms with Gasteiger partial charge in [-0.05, 0) is 30.7 Å². The summed E-state index contributed by atoms with van der Waals surface area (Å²) in [5.74, 6) is 1.03. The Morgan fingerprint density at radius 2 is 1.97 bits per heavy atom. The lowest BCUT2D eigenvalue weighted by atomic mass is 10.1. The Balaban J connectivity index is 1.47. The second-order valence-corrected chi connectivity index (χ2v) is 7.87. The fourth-order valence-corrected chi connectivity index (χ4v) is 3.73. The molecule has 0 saturated heterocycles. The number of amides is 1. The van der Waals surface area contributed by atoms with Crippen molar-refractivity contribution < 1.29 is 13.9 Å². The number of aryl methyl sites for hydroxylation is 2. The number of nitrogens with zero attached hydrogens (tertiary/aromatic N) is 4. The number of nitrogens with one attached hydrogen (secondary N) is 1. The van der Waals surface area contributed by atoms with E-state index in [1.54, 1.807) is 30.1 Å². The smallest absolute Gasteiger partial charge is 0.224 e. The average Bonchev–Trinajstić information content (AvgIpc) is 3.40. The van der Waals surface area contributed by atoms with Gasteiger partial charge in [0.25, 0.3) is 0 Å². The second kappa shape index (κ2) is 9.68. The molecule has 0 bridgehead atoms. The van der Waals surface area contributed by atoms with Gasteiger partial charge in [-0.2, -0.15) is 5.10 Å². The average molecular weight is 448 g/mol. The lowest BCUT2D eigenvalue weighted by Crippen LogP contribution is -2.28. The zero-order chi connectivity index (χ0) is 23.4. The Labute approximate surface area is 191 Å². The summed E-state index contributed by atoms with van der Waals surface area (Å²) in [5, 5.41) is 7.65. The summed E-state index contributed by atoms with van der Waals surface area (Å²) in [6.45, 7) is 2.88. The molecule has 0 aliphatic carbocycles. The molecule has 0 radical (unpaired) electrons. The van der Waals surface area contributed by atoms with Crippen LogP contribution in [0, 0.1) is 12.7 Å². The van der Waals surface area contributed by atoms with Crippen molar-refractivity contribution in [2.45, 2.75) is 19.9 Å². The van der Waals surface area contributed by atoms with Crippen molar-refractivity contribution in [2.24, 2.45) is 7.05 Å². The number of hydrogen-bond donors (Lipinski definition) is 1. The van der Waals surface area contributed by atoms with E-state index in [1.165, 1.54) is 12.1 Å². The SMILES string of the molecule is COc1ccc(C)cc1CC(=O)NCCn1cc(-c2ccc(F)cc2)c(-c2nccn2C)n1. The minimum absolute atomic E-state index is 0.0888. The van der Waals surface area contributed by atoms with E-state index in [0.29, 0.717) is 30.4 Å². The van der Waals surface area contributed by atoms with Crippen molar-refractivity contribution >= 4 is 5.91 Å².